The van der Waals surface area contributed by atoms with Gasteiger partial charge in [-0.2, -0.15) is 0 Å². The van der Waals surface area contributed by atoms with Gasteiger partial charge in [-0.1, -0.05) is 23.9 Å². The summed E-state index contributed by atoms with van der Waals surface area (Å²) in [7, 11) is 3.09. The van der Waals surface area contributed by atoms with Crippen LogP contribution in [0.4, 0.5) is 4.39 Å². The molecular formula is C19H17FN2O3S. The molecule has 3 rings (SSSR count). The minimum Gasteiger partial charge on any atom is -0.493 e. The highest BCUT2D eigenvalue weighted by atomic mass is 32.2. The Morgan fingerprint density at radius 2 is 1.92 bits per heavy atom. The summed E-state index contributed by atoms with van der Waals surface area (Å²) in [6.07, 6.45) is 3.15. The van der Waals surface area contributed by atoms with E-state index < -0.39 is 0 Å². The molecule has 0 aliphatic heterocycles. The first kappa shape index (κ1) is 18.0. The molecular weight excluding hydrogens is 355 g/mol. The molecule has 0 N–H and O–H groups in total. The van der Waals surface area contributed by atoms with Crippen LogP contribution in [-0.2, 0) is 5.75 Å². The molecule has 0 fully saturated rings. The molecule has 134 valence electrons. The van der Waals surface area contributed by atoms with Gasteiger partial charge < -0.3 is 9.47 Å². The lowest BCUT2D eigenvalue weighted by molar-refractivity contribution is 0.355. The van der Waals surface area contributed by atoms with Gasteiger partial charge in [-0.05, 0) is 29.8 Å². The van der Waals surface area contributed by atoms with Gasteiger partial charge in [0.05, 0.1) is 19.9 Å². The number of aromatic nitrogens is 2. The van der Waals surface area contributed by atoms with Crippen molar-refractivity contribution in [1.82, 2.24) is 9.55 Å². The van der Waals surface area contributed by atoms with Crippen LogP contribution < -0.4 is 15.0 Å². The van der Waals surface area contributed by atoms with Gasteiger partial charge in [-0.25, -0.2) is 9.37 Å². The number of methoxy groups -OCH3 is 2. The van der Waals surface area contributed by atoms with E-state index in [2.05, 4.69) is 4.98 Å². The monoisotopic (exact) mass is 372 g/mol. The average Bonchev–Trinajstić information content (AvgIpc) is 2.66. The number of thioether (sulfide) groups is 1. The van der Waals surface area contributed by atoms with Crippen LogP contribution in [0, 0.1) is 5.82 Å². The van der Waals surface area contributed by atoms with Crippen molar-refractivity contribution in [2.45, 2.75) is 10.8 Å². The summed E-state index contributed by atoms with van der Waals surface area (Å²) < 4.78 is 25.3. The summed E-state index contributed by atoms with van der Waals surface area (Å²) >= 11 is 1.27. The predicted octanol–water partition coefficient (Wildman–Crippen LogP) is 3.68. The summed E-state index contributed by atoms with van der Waals surface area (Å²) in [5.41, 5.74) is 1.18. The smallest absolute Gasteiger partial charge is 0.287 e. The molecule has 3 aromatic rings. The Balaban J connectivity index is 1.89. The van der Waals surface area contributed by atoms with E-state index >= 15 is 0 Å². The molecule has 5 nitrogen and oxygen atoms in total. The van der Waals surface area contributed by atoms with Crippen molar-refractivity contribution in [3.05, 3.63) is 76.6 Å². The Labute approximate surface area is 154 Å². The second kappa shape index (κ2) is 8.05. The van der Waals surface area contributed by atoms with E-state index in [1.165, 1.54) is 35.6 Å². The number of halogens is 1. The van der Waals surface area contributed by atoms with Gasteiger partial charge in [0.2, 0.25) is 0 Å². The van der Waals surface area contributed by atoms with E-state index in [0.717, 1.165) is 5.56 Å². The van der Waals surface area contributed by atoms with Crippen LogP contribution in [0.25, 0.3) is 5.69 Å². The zero-order chi connectivity index (χ0) is 18.5. The number of ether oxygens (including phenoxy) is 2. The minimum atomic E-state index is -0.299. The second-order valence-electron chi connectivity index (χ2n) is 5.37. The lowest BCUT2D eigenvalue weighted by atomic mass is 10.2. The molecule has 0 spiro atoms. The Bertz CT molecular complexity index is 975. The first-order valence-corrected chi connectivity index (χ1v) is 8.78. The van der Waals surface area contributed by atoms with E-state index in [9.17, 15) is 9.18 Å². The lowest BCUT2D eigenvalue weighted by Crippen LogP contribution is -2.20. The molecule has 0 aliphatic rings. The number of benzene rings is 2. The van der Waals surface area contributed by atoms with E-state index in [4.69, 9.17) is 9.47 Å². The fourth-order valence-electron chi connectivity index (χ4n) is 2.45. The van der Waals surface area contributed by atoms with Gasteiger partial charge in [0, 0.05) is 24.2 Å². The fraction of sp³-hybridized carbons (Fsp3) is 0.158. The summed E-state index contributed by atoms with van der Waals surface area (Å²) in [5, 5.41) is 0.339. The van der Waals surface area contributed by atoms with Crippen molar-refractivity contribution >= 4 is 11.8 Å². The van der Waals surface area contributed by atoms with Crippen LogP contribution in [0.1, 0.15) is 5.56 Å². The Morgan fingerprint density at radius 1 is 1.12 bits per heavy atom. The highest BCUT2D eigenvalue weighted by molar-refractivity contribution is 7.98. The maximum absolute atomic E-state index is 13.3. The standard InChI is InChI=1S/C19H17FN2O3S/c1-24-16-7-6-15(11-17(16)25-2)22-9-8-21-18(19(22)23)26-12-13-4-3-5-14(20)10-13/h3-11H,12H2,1-2H3. The quantitative estimate of drug-likeness (QED) is 0.618. The van der Waals surface area contributed by atoms with E-state index in [-0.39, 0.29) is 11.4 Å². The van der Waals surface area contributed by atoms with Crippen LogP contribution in [0.3, 0.4) is 0 Å². The summed E-state index contributed by atoms with van der Waals surface area (Å²) in [5.74, 6) is 1.27. The number of nitrogens with zero attached hydrogens (tertiary/aromatic N) is 2. The van der Waals surface area contributed by atoms with Crippen molar-refractivity contribution in [3.63, 3.8) is 0 Å². The first-order valence-electron chi connectivity index (χ1n) is 7.79. The van der Waals surface area contributed by atoms with Crippen molar-refractivity contribution in [2.75, 3.05) is 14.2 Å². The Hall–Kier alpha value is -2.80. The largest absolute Gasteiger partial charge is 0.493 e. The third kappa shape index (κ3) is 3.88. The first-order chi connectivity index (χ1) is 12.6. The van der Waals surface area contributed by atoms with Gasteiger partial charge in [-0.3, -0.25) is 9.36 Å². The van der Waals surface area contributed by atoms with Crippen molar-refractivity contribution in [3.8, 4) is 17.2 Å². The Morgan fingerprint density at radius 3 is 2.65 bits per heavy atom. The number of hydrogen-bond acceptors (Lipinski definition) is 5. The number of rotatable bonds is 6. The highest BCUT2D eigenvalue weighted by Gasteiger charge is 2.11. The third-order valence-electron chi connectivity index (χ3n) is 3.72. The fourth-order valence-corrected chi connectivity index (χ4v) is 3.29. The maximum atomic E-state index is 13.3. The zero-order valence-corrected chi connectivity index (χ0v) is 15.1. The molecule has 0 aliphatic carbocycles. The molecule has 0 saturated carbocycles. The summed E-state index contributed by atoms with van der Waals surface area (Å²) in [6.45, 7) is 0. The minimum absolute atomic E-state index is 0.249. The van der Waals surface area contributed by atoms with Gasteiger partial charge in [0.1, 0.15) is 5.82 Å². The number of hydrogen-bond donors (Lipinski definition) is 0. The van der Waals surface area contributed by atoms with Crippen LogP contribution in [0.15, 0.2) is 64.7 Å². The molecule has 1 heterocycles. The van der Waals surface area contributed by atoms with E-state index in [0.29, 0.717) is 28.0 Å². The molecule has 0 atom stereocenters. The molecule has 7 heteroatoms. The predicted molar refractivity (Wildman–Crippen MR) is 98.9 cm³/mol. The van der Waals surface area contributed by atoms with Crippen LogP contribution in [0.5, 0.6) is 11.5 Å². The van der Waals surface area contributed by atoms with Crippen LogP contribution >= 0.6 is 11.8 Å². The Kier molecular flexibility index (Phi) is 5.58. The maximum Gasteiger partial charge on any atom is 0.287 e. The second-order valence-corrected chi connectivity index (χ2v) is 6.33. The molecule has 1 aromatic heterocycles. The molecule has 0 bridgehead atoms. The molecule has 0 amide bonds. The SMILES string of the molecule is COc1ccc(-n2ccnc(SCc3cccc(F)c3)c2=O)cc1OC. The van der Waals surface area contributed by atoms with Crippen molar-refractivity contribution in [1.29, 1.82) is 0 Å². The topological polar surface area (TPSA) is 53.4 Å². The normalized spacial score (nSPS) is 10.6. The summed E-state index contributed by atoms with van der Waals surface area (Å²) in [6, 6.07) is 11.5. The molecule has 26 heavy (non-hydrogen) atoms. The average molecular weight is 372 g/mol. The third-order valence-corrected chi connectivity index (χ3v) is 4.75. The molecule has 0 saturated heterocycles. The molecule has 0 unspecified atom stereocenters. The van der Waals surface area contributed by atoms with Gasteiger partial charge >= 0.3 is 0 Å². The van der Waals surface area contributed by atoms with Gasteiger partial charge in [0.15, 0.2) is 16.5 Å². The summed E-state index contributed by atoms with van der Waals surface area (Å²) in [4.78, 5) is 16.9. The molecule has 0 radical (unpaired) electrons. The van der Waals surface area contributed by atoms with Crippen molar-refractivity contribution in [2.24, 2.45) is 0 Å². The van der Waals surface area contributed by atoms with Gasteiger partial charge in [-0.15, -0.1) is 0 Å². The van der Waals surface area contributed by atoms with Crippen molar-refractivity contribution < 1.29 is 13.9 Å². The van der Waals surface area contributed by atoms with Crippen LogP contribution in [0.2, 0.25) is 0 Å². The highest BCUT2D eigenvalue weighted by Crippen LogP contribution is 2.29. The van der Waals surface area contributed by atoms with Gasteiger partial charge in [0.25, 0.3) is 5.56 Å². The van der Waals surface area contributed by atoms with Crippen LogP contribution in [-0.4, -0.2) is 23.8 Å². The van der Waals surface area contributed by atoms with E-state index in [1.807, 2.05) is 6.07 Å². The molecule has 2 aromatic carbocycles. The van der Waals surface area contributed by atoms with E-state index in [1.54, 1.807) is 43.8 Å². The zero-order valence-electron chi connectivity index (χ0n) is 14.3. The lowest BCUT2D eigenvalue weighted by Gasteiger charge is -2.11.